The van der Waals surface area contributed by atoms with E-state index in [9.17, 15) is 5.11 Å². The van der Waals surface area contributed by atoms with Crippen LogP contribution in [-0.4, -0.2) is 66.6 Å². The Labute approximate surface area is 185 Å². The van der Waals surface area contributed by atoms with Crippen molar-refractivity contribution in [2.45, 2.75) is 64.3 Å². The molecule has 1 heterocycles. The van der Waals surface area contributed by atoms with Crippen LogP contribution in [0.15, 0.2) is 28.8 Å². The zero-order valence-corrected chi connectivity index (χ0v) is 19.3. The summed E-state index contributed by atoms with van der Waals surface area (Å²) in [5, 5.41) is 14.4. The molecule has 0 radical (unpaired) electrons. The van der Waals surface area contributed by atoms with Gasteiger partial charge in [-0.2, -0.15) is 0 Å². The molecule has 31 heavy (non-hydrogen) atoms. The van der Waals surface area contributed by atoms with Crippen molar-refractivity contribution in [1.82, 2.24) is 15.0 Å². The second kappa shape index (κ2) is 11.5. The fraction of sp³-hybridized carbons (Fsp3) is 0.625. The fourth-order valence-electron chi connectivity index (χ4n) is 4.30. The highest BCUT2D eigenvalue weighted by molar-refractivity contribution is 5.43. The molecule has 0 bridgehead atoms. The van der Waals surface area contributed by atoms with Crippen LogP contribution in [0.5, 0.6) is 11.5 Å². The van der Waals surface area contributed by atoms with Crippen molar-refractivity contribution in [2.24, 2.45) is 0 Å². The smallest absolute Gasteiger partial charge is 0.161 e. The molecule has 0 unspecified atom stereocenters. The Morgan fingerprint density at radius 1 is 1.13 bits per heavy atom. The molecule has 172 valence electrons. The van der Waals surface area contributed by atoms with Crippen molar-refractivity contribution in [3.63, 3.8) is 0 Å². The lowest BCUT2D eigenvalue weighted by Crippen LogP contribution is -2.40. The van der Waals surface area contributed by atoms with Crippen molar-refractivity contribution < 1.29 is 19.1 Å². The second-order valence-corrected chi connectivity index (χ2v) is 8.79. The van der Waals surface area contributed by atoms with Gasteiger partial charge in [0.2, 0.25) is 0 Å². The van der Waals surface area contributed by atoms with E-state index in [4.69, 9.17) is 14.0 Å². The molecule has 1 fully saturated rings. The summed E-state index contributed by atoms with van der Waals surface area (Å²) in [6, 6.07) is 8.46. The number of aliphatic hydroxyl groups is 1. The summed E-state index contributed by atoms with van der Waals surface area (Å²) < 4.78 is 16.7. The lowest BCUT2D eigenvalue weighted by atomic mass is 9.94. The standard InChI is InChI=1S/C24H37N3O4/c1-18-12-22(31-25-18)16-26(2)14-19-10-11-23(24(13-19)29-4)30-17-21(28)15-27(3)20-8-6-5-7-9-20/h10-13,20-21,28H,5-9,14-17H2,1-4H3/t21-/m0/s1. The van der Waals surface area contributed by atoms with E-state index in [1.54, 1.807) is 7.11 Å². The van der Waals surface area contributed by atoms with Crippen LogP contribution in [0, 0.1) is 6.92 Å². The molecule has 1 atom stereocenters. The Hall–Kier alpha value is -2.09. The number of aliphatic hydroxyl groups excluding tert-OH is 1. The SMILES string of the molecule is COc1cc(CN(C)Cc2cc(C)no2)ccc1OC[C@@H](O)CN(C)C1CCCCC1. The highest BCUT2D eigenvalue weighted by Crippen LogP contribution is 2.29. The minimum Gasteiger partial charge on any atom is -0.493 e. The molecular weight excluding hydrogens is 394 g/mol. The van der Waals surface area contributed by atoms with Crippen molar-refractivity contribution >= 4 is 0 Å². The molecule has 1 aliphatic carbocycles. The monoisotopic (exact) mass is 431 g/mol. The molecule has 3 rings (SSSR count). The quantitative estimate of drug-likeness (QED) is 0.582. The Morgan fingerprint density at radius 2 is 1.90 bits per heavy atom. The van der Waals surface area contributed by atoms with Gasteiger partial charge >= 0.3 is 0 Å². The predicted molar refractivity (Wildman–Crippen MR) is 120 cm³/mol. The van der Waals surface area contributed by atoms with Gasteiger partial charge in [0.15, 0.2) is 17.3 Å². The molecule has 1 aliphatic rings. The van der Waals surface area contributed by atoms with Gasteiger partial charge in [0.1, 0.15) is 12.7 Å². The molecule has 1 aromatic heterocycles. The zero-order valence-electron chi connectivity index (χ0n) is 19.3. The van der Waals surface area contributed by atoms with Gasteiger partial charge in [0.25, 0.3) is 0 Å². The van der Waals surface area contributed by atoms with Crippen molar-refractivity contribution in [3.05, 3.63) is 41.3 Å². The van der Waals surface area contributed by atoms with E-state index >= 15 is 0 Å². The van der Waals surface area contributed by atoms with Crippen molar-refractivity contribution in [2.75, 3.05) is 34.4 Å². The van der Waals surface area contributed by atoms with Gasteiger partial charge in [0.05, 0.1) is 19.3 Å². The first kappa shape index (κ1) is 23.6. The Balaban J connectivity index is 1.49. The number of methoxy groups -OCH3 is 1. The first-order valence-corrected chi connectivity index (χ1v) is 11.2. The van der Waals surface area contributed by atoms with Crippen LogP contribution in [0.3, 0.4) is 0 Å². The highest BCUT2D eigenvalue weighted by atomic mass is 16.5. The topological polar surface area (TPSA) is 71.2 Å². The van der Waals surface area contributed by atoms with Crippen LogP contribution in [-0.2, 0) is 13.1 Å². The summed E-state index contributed by atoms with van der Waals surface area (Å²) in [5.74, 6) is 2.17. The molecule has 7 heteroatoms. The number of ether oxygens (including phenoxy) is 2. The van der Waals surface area contributed by atoms with Crippen LogP contribution in [0.4, 0.5) is 0 Å². The number of likely N-dealkylation sites (N-methyl/N-ethyl adjacent to an activating group) is 1. The number of nitrogens with zero attached hydrogens (tertiary/aromatic N) is 3. The predicted octanol–water partition coefficient (Wildman–Crippen LogP) is 3.63. The van der Waals surface area contributed by atoms with Gasteiger partial charge in [-0.25, -0.2) is 0 Å². The average molecular weight is 432 g/mol. The Morgan fingerprint density at radius 3 is 2.58 bits per heavy atom. The largest absolute Gasteiger partial charge is 0.493 e. The third-order valence-corrected chi connectivity index (χ3v) is 5.91. The molecule has 1 N–H and O–H groups in total. The van der Waals surface area contributed by atoms with E-state index in [0.717, 1.165) is 23.6 Å². The van der Waals surface area contributed by atoms with Crippen molar-refractivity contribution in [1.29, 1.82) is 0 Å². The summed E-state index contributed by atoms with van der Waals surface area (Å²) in [5.41, 5.74) is 2.00. The maximum absolute atomic E-state index is 10.5. The van der Waals surface area contributed by atoms with Gasteiger partial charge in [-0.1, -0.05) is 30.5 Å². The first-order chi connectivity index (χ1) is 14.9. The number of hydrogen-bond acceptors (Lipinski definition) is 7. The van der Waals surface area contributed by atoms with E-state index in [-0.39, 0.29) is 6.61 Å². The normalized spacial score (nSPS) is 16.1. The van der Waals surface area contributed by atoms with Crippen LogP contribution in [0.25, 0.3) is 0 Å². The highest BCUT2D eigenvalue weighted by Gasteiger charge is 2.20. The second-order valence-electron chi connectivity index (χ2n) is 8.79. The molecule has 1 saturated carbocycles. The Bertz CT molecular complexity index is 804. The summed E-state index contributed by atoms with van der Waals surface area (Å²) in [6.07, 6.45) is 5.83. The number of hydrogen-bond donors (Lipinski definition) is 1. The minimum atomic E-state index is -0.534. The van der Waals surface area contributed by atoms with E-state index in [2.05, 4.69) is 22.0 Å². The molecule has 0 aliphatic heterocycles. The van der Waals surface area contributed by atoms with Gasteiger partial charge in [-0.15, -0.1) is 0 Å². The lowest BCUT2D eigenvalue weighted by Gasteiger charge is -2.32. The third kappa shape index (κ3) is 7.23. The van der Waals surface area contributed by atoms with Gasteiger partial charge in [0, 0.05) is 25.2 Å². The number of aromatic nitrogens is 1. The summed E-state index contributed by atoms with van der Waals surface area (Å²) in [7, 11) is 5.78. The Kier molecular flexibility index (Phi) is 8.75. The van der Waals surface area contributed by atoms with Crippen LogP contribution >= 0.6 is 0 Å². The minimum absolute atomic E-state index is 0.248. The molecular formula is C24H37N3O4. The number of rotatable bonds is 11. The lowest BCUT2D eigenvalue weighted by molar-refractivity contribution is 0.0553. The first-order valence-electron chi connectivity index (χ1n) is 11.2. The third-order valence-electron chi connectivity index (χ3n) is 5.91. The summed E-state index contributed by atoms with van der Waals surface area (Å²) in [4.78, 5) is 4.43. The van der Waals surface area contributed by atoms with E-state index in [1.807, 2.05) is 38.2 Å². The molecule has 2 aromatic rings. The van der Waals surface area contributed by atoms with Crippen molar-refractivity contribution in [3.8, 4) is 11.5 Å². The van der Waals surface area contributed by atoms with Gasteiger partial charge in [-0.05, 0) is 51.6 Å². The van der Waals surface area contributed by atoms with Gasteiger partial charge < -0.3 is 24.0 Å². The molecule has 0 spiro atoms. The van der Waals surface area contributed by atoms with E-state index in [0.29, 0.717) is 30.6 Å². The summed E-state index contributed by atoms with van der Waals surface area (Å²) in [6.45, 7) is 4.21. The zero-order chi connectivity index (χ0) is 22.2. The van der Waals surface area contributed by atoms with Crippen LogP contribution in [0.1, 0.15) is 49.1 Å². The van der Waals surface area contributed by atoms with Gasteiger partial charge in [-0.3, -0.25) is 4.90 Å². The fourth-order valence-corrected chi connectivity index (χ4v) is 4.30. The van der Waals surface area contributed by atoms with E-state index in [1.165, 1.54) is 32.1 Å². The summed E-state index contributed by atoms with van der Waals surface area (Å²) >= 11 is 0. The average Bonchev–Trinajstić information content (AvgIpc) is 3.17. The van der Waals surface area contributed by atoms with Crippen LogP contribution in [0.2, 0.25) is 0 Å². The molecule has 1 aromatic carbocycles. The van der Waals surface area contributed by atoms with Crippen LogP contribution < -0.4 is 9.47 Å². The maximum atomic E-state index is 10.5. The molecule has 7 nitrogen and oxygen atoms in total. The van der Waals surface area contributed by atoms with E-state index < -0.39 is 6.10 Å². The number of aryl methyl sites for hydroxylation is 1. The molecule has 0 saturated heterocycles. The number of benzene rings is 1. The molecule has 0 amide bonds. The maximum Gasteiger partial charge on any atom is 0.161 e.